The van der Waals surface area contributed by atoms with Gasteiger partial charge in [0.1, 0.15) is 6.54 Å². The molecule has 0 radical (unpaired) electrons. The van der Waals surface area contributed by atoms with E-state index >= 15 is 0 Å². The van der Waals surface area contributed by atoms with Gasteiger partial charge in [0.05, 0.1) is 16.8 Å². The first-order chi connectivity index (χ1) is 18.3. The maximum atomic E-state index is 13.6. The van der Waals surface area contributed by atoms with Crippen molar-refractivity contribution in [3.63, 3.8) is 0 Å². The van der Waals surface area contributed by atoms with Crippen LogP contribution in [0.25, 0.3) is 21.5 Å². The van der Waals surface area contributed by atoms with Gasteiger partial charge in [-0.15, -0.1) is 0 Å². The molecule has 0 aliphatic rings. The van der Waals surface area contributed by atoms with Crippen LogP contribution < -0.4 is 9.73 Å². The topological polar surface area (TPSA) is 78.8 Å². The molecule has 0 spiro atoms. The summed E-state index contributed by atoms with van der Waals surface area (Å²) in [4.78, 5) is 13.1. The number of hydrazone groups is 1. The second-order valence-corrected chi connectivity index (χ2v) is 11.1. The fourth-order valence-corrected chi connectivity index (χ4v) is 5.87. The van der Waals surface area contributed by atoms with Crippen LogP contribution in [0, 0.1) is 13.8 Å². The molecule has 0 aromatic heterocycles. The predicted octanol–water partition coefficient (Wildman–Crippen LogP) is 5.96. The Balaban J connectivity index is 1.45. The molecule has 190 valence electrons. The first kappa shape index (κ1) is 25.2. The molecule has 1 amide bonds. The van der Waals surface area contributed by atoms with Gasteiger partial charge < -0.3 is 0 Å². The van der Waals surface area contributed by atoms with Crippen LogP contribution >= 0.6 is 0 Å². The second-order valence-electron chi connectivity index (χ2n) is 9.19. The summed E-state index contributed by atoms with van der Waals surface area (Å²) in [6.45, 7) is 3.34. The maximum Gasteiger partial charge on any atom is 0.264 e. The van der Waals surface area contributed by atoms with Crippen LogP contribution in [0.1, 0.15) is 16.7 Å². The monoisotopic (exact) mass is 521 g/mol. The Labute approximate surface area is 222 Å². The summed E-state index contributed by atoms with van der Waals surface area (Å²) in [5.74, 6) is -0.553. The van der Waals surface area contributed by atoms with E-state index < -0.39 is 22.5 Å². The lowest BCUT2D eigenvalue weighted by Crippen LogP contribution is -2.39. The van der Waals surface area contributed by atoms with E-state index in [0.717, 1.165) is 42.5 Å². The number of aryl methyl sites for hydroxylation is 2. The average Bonchev–Trinajstić information content (AvgIpc) is 2.91. The minimum absolute atomic E-state index is 0.114. The number of nitrogens with zero attached hydrogens (tertiary/aromatic N) is 2. The zero-order valence-corrected chi connectivity index (χ0v) is 21.9. The molecule has 0 bridgehead atoms. The van der Waals surface area contributed by atoms with Gasteiger partial charge in [-0.3, -0.25) is 9.10 Å². The largest absolute Gasteiger partial charge is 0.271 e. The van der Waals surface area contributed by atoms with Crippen molar-refractivity contribution in [3.8, 4) is 0 Å². The number of carbonyl (C=O) groups is 1. The van der Waals surface area contributed by atoms with Crippen molar-refractivity contribution in [2.45, 2.75) is 18.7 Å². The van der Waals surface area contributed by atoms with Gasteiger partial charge in [0.15, 0.2) is 0 Å². The van der Waals surface area contributed by atoms with Crippen LogP contribution in [0.15, 0.2) is 113 Å². The van der Waals surface area contributed by atoms with E-state index in [1.54, 1.807) is 48.7 Å². The number of fused-ring (bicyclic) bond motifs is 2. The van der Waals surface area contributed by atoms with Crippen molar-refractivity contribution in [3.05, 3.63) is 120 Å². The van der Waals surface area contributed by atoms with Gasteiger partial charge in [-0.2, -0.15) is 5.10 Å². The number of hydrogen-bond acceptors (Lipinski definition) is 4. The van der Waals surface area contributed by atoms with Crippen LogP contribution in [-0.4, -0.2) is 27.1 Å². The third-order valence-electron chi connectivity index (χ3n) is 6.38. The molecule has 7 heteroatoms. The number of benzene rings is 5. The van der Waals surface area contributed by atoms with Crippen molar-refractivity contribution in [1.82, 2.24) is 5.43 Å². The van der Waals surface area contributed by atoms with Gasteiger partial charge in [-0.25, -0.2) is 13.8 Å². The number of hydrogen-bond donors (Lipinski definition) is 1. The fraction of sp³-hybridized carbons (Fsp3) is 0.0968. The summed E-state index contributed by atoms with van der Waals surface area (Å²) in [5, 5.41) is 8.37. The molecular formula is C31H27N3O3S. The van der Waals surface area contributed by atoms with Crippen molar-refractivity contribution in [2.24, 2.45) is 5.10 Å². The predicted molar refractivity (Wildman–Crippen MR) is 154 cm³/mol. The molecule has 0 heterocycles. The van der Waals surface area contributed by atoms with Crippen LogP contribution in [0.4, 0.5) is 5.69 Å². The SMILES string of the molecule is Cc1ccc(S(=O)(=O)N(CC(=O)N/N=C\c2c3ccccc3cc3ccccc23)c2cccc(C)c2)cc1. The molecule has 38 heavy (non-hydrogen) atoms. The number of anilines is 1. The molecule has 0 fully saturated rings. The molecule has 0 aliphatic carbocycles. The minimum atomic E-state index is -4.00. The molecule has 5 aromatic rings. The van der Waals surface area contributed by atoms with Gasteiger partial charge in [0, 0.05) is 5.56 Å². The van der Waals surface area contributed by atoms with E-state index in [-0.39, 0.29) is 4.90 Å². The molecule has 0 saturated carbocycles. The smallest absolute Gasteiger partial charge is 0.264 e. The number of rotatable bonds is 7. The third kappa shape index (κ3) is 5.14. The van der Waals surface area contributed by atoms with Gasteiger partial charge >= 0.3 is 0 Å². The Morgan fingerprint density at radius 1 is 0.789 bits per heavy atom. The highest BCUT2D eigenvalue weighted by Gasteiger charge is 2.27. The number of nitrogens with one attached hydrogen (secondary N) is 1. The van der Waals surface area contributed by atoms with Gasteiger partial charge in [-0.05, 0) is 71.3 Å². The van der Waals surface area contributed by atoms with E-state index in [0.29, 0.717) is 5.69 Å². The third-order valence-corrected chi connectivity index (χ3v) is 8.17. The Kier molecular flexibility index (Phi) is 6.94. The van der Waals surface area contributed by atoms with Crippen LogP contribution in [-0.2, 0) is 14.8 Å². The van der Waals surface area contributed by atoms with Gasteiger partial charge in [0.25, 0.3) is 15.9 Å². The second kappa shape index (κ2) is 10.5. The lowest BCUT2D eigenvalue weighted by molar-refractivity contribution is -0.119. The molecule has 0 aliphatic heterocycles. The summed E-state index contributed by atoms with van der Waals surface area (Å²) >= 11 is 0. The Morgan fingerprint density at radius 2 is 1.42 bits per heavy atom. The lowest BCUT2D eigenvalue weighted by atomic mass is 9.97. The van der Waals surface area contributed by atoms with E-state index in [1.165, 1.54) is 0 Å². The van der Waals surface area contributed by atoms with Gasteiger partial charge in [-0.1, -0.05) is 78.4 Å². The van der Waals surface area contributed by atoms with Crippen molar-refractivity contribution in [2.75, 3.05) is 10.8 Å². The van der Waals surface area contributed by atoms with E-state index in [9.17, 15) is 13.2 Å². The molecule has 5 aromatic carbocycles. The maximum absolute atomic E-state index is 13.6. The Morgan fingerprint density at radius 3 is 2.05 bits per heavy atom. The van der Waals surface area contributed by atoms with Gasteiger partial charge in [0.2, 0.25) is 0 Å². The molecule has 0 unspecified atom stereocenters. The molecule has 0 saturated heterocycles. The quantitative estimate of drug-likeness (QED) is 0.163. The lowest BCUT2D eigenvalue weighted by Gasteiger charge is -2.24. The molecule has 5 rings (SSSR count). The normalized spacial score (nSPS) is 11.7. The number of amides is 1. The zero-order valence-electron chi connectivity index (χ0n) is 21.1. The summed E-state index contributed by atoms with van der Waals surface area (Å²) in [5.41, 5.74) is 5.64. The van der Waals surface area contributed by atoms with E-state index in [1.807, 2.05) is 68.4 Å². The average molecular weight is 522 g/mol. The summed E-state index contributed by atoms with van der Waals surface area (Å²) in [7, 11) is -4.00. The zero-order chi connectivity index (χ0) is 26.7. The number of sulfonamides is 1. The van der Waals surface area contributed by atoms with Crippen molar-refractivity contribution in [1.29, 1.82) is 0 Å². The molecule has 0 atom stereocenters. The van der Waals surface area contributed by atoms with Crippen LogP contribution in [0.2, 0.25) is 0 Å². The first-order valence-electron chi connectivity index (χ1n) is 12.2. The van der Waals surface area contributed by atoms with E-state index in [2.05, 4.69) is 16.6 Å². The minimum Gasteiger partial charge on any atom is -0.271 e. The molecule has 6 nitrogen and oxygen atoms in total. The summed E-state index contributed by atoms with van der Waals surface area (Å²) in [6, 6.07) is 31.7. The van der Waals surface area contributed by atoms with E-state index in [4.69, 9.17) is 0 Å². The van der Waals surface area contributed by atoms with Crippen LogP contribution in [0.3, 0.4) is 0 Å². The van der Waals surface area contributed by atoms with Crippen molar-refractivity contribution < 1.29 is 13.2 Å². The summed E-state index contributed by atoms with van der Waals surface area (Å²) in [6.07, 6.45) is 1.62. The Bertz CT molecular complexity index is 1720. The highest BCUT2D eigenvalue weighted by atomic mass is 32.2. The molecular weight excluding hydrogens is 494 g/mol. The number of carbonyl (C=O) groups excluding carboxylic acids is 1. The van der Waals surface area contributed by atoms with Crippen LogP contribution in [0.5, 0.6) is 0 Å². The molecule has 1 N–H and O–H groups in total. The highest BCUT2D eigenvalue weighted by Crippen LogP contribution is 2.27. The standard InChI is InChI=1S/C31H27N3O3S/c1-22-14-16-27(17-15-22)38(36,37)34(26-11-7-8-23(2)18-26)21-31(35)33-32-20-30-28-12-5-3-9-24(28)19-25-10-4-6-13-29(25)30/h3-20H,21H2,1-2H3,(H,33,35)/b32-20-. The highest BCUT2D eigenvalue weighted by molar-refractivity contribution is 7.92. The first-order valence-corrected chi connectivity index (χ1v) is 13.7. The van der Waals surface area contributed by atoms with Crippen molar-refractivity contribution >= 4 is 49.4 Å². The Hall–Kier alpha value is -4.49. The summed E-state index contributed by atoms with van der Waals surface area (Å²) < 4.78 is 28.3. The fourth-order valence-electron chi connectivity index (χ4n) is 4.46.